The summed E-state index contributed by atoms with van der Waals surface area (Å²) in [5, 5.41) is 17.1. The molecule has 0 fully saturated rings. The third-order valence-electron chi connectivity index (χ3n) is 3.21. The van der Waals surface area contributed by atoms with Crippen LogP contribution in [-0.4, -0.2) is 33.3 Å². The van der Waals surface area contributed by atoms with Crippen LogP contribution >= 0.6 is 0 Å². The first-order chi connectivity index (χ1) is 10.3. The van der Waals surface area contributed by atoms with Gasteiger partial charge in [0.05, 0.1) is 18.0 Å². The second-order valence-corrected chi connectivity index (χ2v) is 4.75. The molecule has 2 rings (SSSR count). The number of nitrogens with two attached hydrogens (primary N) is 1. The smallest absolute Gasteiger partial charge is 0.119 e. The molecule has 1 aromatic carbocycles. The van der Waals surface area contributed by atoms with Crippen molar-refractivity contribution in [1.82, 2.24) is 15.0 Å². The Hall–Kier alpha value is -1.92. The zero-order chi connectivity index (χ0) is 14.9. The molecule has 0 aliphatic rings. The molecule has 6 nitrogen and oxygen atoms in total. The summed E-state index contributed by atoms with van der Waals surface area (Å²) < 4.78 is 7.51. The van der Waals surface area contributed by atoms with Crippen molar-refractivity contribution in [3.8, 4) is 5.75 Å². The first kappa shape index (κ1) is 15.5. The molecule has 3 N–H and O–H groups in total. The zero-order valence-corrected chi connectivity index (χ0v) is 12.1. The molecule has 21 heavy (non-hydrogen) atoms. The summed E-state index contributed by atoms with van der Waals surface area (Å²) in [6.45, 7) is 1.83. The minimum absolute atomic E-state index is 0.147. The lowest BCUT2D eigenvalue weighted by molar-refractivity contribution is 0.274. The van der Waals surface area contributed by atoms with Gasteiger partial charge in [0.1, 0.15) is 5.75 Å². The van der Waals surface area contributed by atoms with Crippen LogP contribution in [0.5, 0.6) is 5.75 Å². The molecule has 0 amide bonds. The first-order valence-electron chi connectivity index (χ1n) is 7.25. The molecular weight excluding hydrogens is 268 g/mol. The van der Waals surface area contributed by atoms with Gasteiger partial charge in [-0.15, -0.1) is 5.10 Å². The SMILES string of the molecule is NCc1nnn(CCCO)c1CCCOc1ccccc1. The largest absolute Gasteiger partial charge is 0.494 e. The Morgan fingerprint density at radius 2 is 2.00 bits per heavy atom. The number of rotatable bonds is 9. The van der Waals surface area contributed by atoms with E-state index in [0.29, 0.717) is 26.1 Å². The van der Waals surface area contributed by atoms with Crippen LogP contribution in [0.4, 0.5) is 0 Å². The van der Waals surface area contributed by atoms with Gasteiger partial charge >= 0.3 is 0 Å². The lowest BCUT2D eigenvalue weighted by Crippen LogP contribution is -2.10. The van der Waals surface area contributed by atoms with Crippen LogP contribution in [0.2, 0.25) is 0 Å². The molecule has 0 saturated carbocycles. The molecule has 0 atom stereocenters. The van der Waals surface area contributed by atoms with E-state index in [1.807, 2.05) is 35.0 Å². The van der Waals surface area contributed by atoms with E-state index in [0.717, 1.165) is 30.0 Å². The van der Waals surface area contributed by atoms with Crippen molar-refractivity contribution in [1.29, 1.82) is 0 Å². The van der Waals surface area contributed by atoms with Gasteiger partial charge in [0.15, 0.2) is 0 Å². The maximum atomic E-state index is 8.92. The van der Waals surface area contributed by atoms with E-state index >= 15 is 0 Å². The summed E-state index contributed by atoms with van der Waals surface area (Å²) >= 11 is 0. The van der Waals surface area contributed by atoms with Gasteiger partial charge in [0.25, 0.3) is 0 Å². The minimum atomic E-state index is 0.147. The van der Waals surface area contributed by atoms with Crippen molar-refractivity contribution in [2.75, 3.05) is 13.2 Å². The third kappa shape index (κ3) is 4.54. The average molecular weight is 290 g/mol. The van der Waals surface area contributed by atoms with Crippen molar-refractivity contribution in [2.24, 2.45) is 5.73 Å². The number of para-hydroxylation sites is 1. The van der Waals surface area contributed by atoms with E-state index in [1.54, 1.807) is 0 Å². The minimum Gasteiger partial charge on any atom is -0.494 e. The number of hydrogen-bond acceptors (Lipinski definition) is 5. The van der Waals surface area contributed by atoms with Crippen molar-refractivity contribution < 1.29 is 9.84 Å². The number of benzene rings is 1. The fraction of sp³-hybridized carbons (Fsp3) is 0.467. The molecular formula is C15H22N4O2. The fourth-order valence-corrected chi connectivity index (χ4v) is 2.15. The Kier molecular flexibility index (Phi) is 6.18. The highest BCUT2D eigenvalue weighted by Crippen LogP contribution is 2.11. The second kappa shape index (κ2) is 8.39. The van der Waals surface area contributed by atoms with Crippen LogP contribution in [0.3, 0.4) is 0 Å². The number of aryl methyl sites for hydroxylation is 1. The van der Waals surface area contributed by atoms with Crippen molar-refractivity contribution in [3.63, 3.8) is 0 Å². The predicted molar refractivity (Wildman–Crippen MR) is 79.9 cm³/mol. The van der Waals surface area contributed by atoms with Crippen LogP contribution < -0.4 is 10.5 Å². The van der Waals surface area contributed by atoms with Crippen molar-refractivity contribution >= 4 is 0 Å². The Labute approximate surface area is 124 Å². The summed E-state index contributed by atoms with van der Waals surface area (Å²) in [7, 11) is 0. The highest BCUT2D eigenvalue weighted by molar-refractivity contribution is 5.20. The lowest BCUT2D eigenvalue weighted by Gasteiger charge is -2.08. The Bertz CT molecular complexity index is 528. The van der Waals surface area contributed by atoms with E-state index < -0.39 is 0 Å². The van der Waals surface area contributed by atoms with Gasteiger partial charge in [-0.3, -0.25) is 0 Å². The Morgan fingerprint density at radius 1 is 1.19 bits per heavy atom. The second-order valence-electron chi connectivity index (χ2n) is 4.75. The zero-order valence-electron chi connectivity index (χ0n) is 12.1. The standard InChI is InChI=1S/C15H22N4O2/c16-12-14-15(19(18-17-14)9-5-10-20)8-4-11-21-13-6-2-1-3-7-13/h1-3,6-7,20H,4-5,8-12,16H2. The highest BCUT2D eigenvalue weighted by Gasteiger charge is 2.11. The lowest BCUT2D eigenvalue weighted by atomic mass is 10.2. The Morgan fingerprint density at radius 3 is 2.71 bits per heavy atom. The van der Waals surface area contributed by atoms with Crippen LogP contribution in [-0.2, 0) is 19.5 Å². The maximum absolute atomic E-state index is 8.92. The van der Waals surface area contributed by atoms with Crippen LogP contribution in [0.15, 0.2) is 30.3 Å². The molecule has 0 aliphatic heterocycles. The molecule has 6 heteroatoms. The first-order valence-corrected chi connectivity index (χ1v) is 7.25. The van der Waals surface area contributed by atoms with Crippen LogP contribution in [0.25, 0.3) is 0 Å². The van der Waals surface area contributed by atoms with Gasteiger partial charge < -0.3 is 15.6 Å². The fourth-order valence-electron chi connectivity index (χ4n) is 2.15. The molecule has 0 unspecified atom stereocenters. The van der Waals surface area contributed by atoms with Gasteiger partial charge in [-0.2, -0.15) is 0 Å². The number of ether oxygens (including phenoxy) is 1. The number of aliphatic hydroxyl groups is 1. The summed E-state index contributed by atoms with van der Waals surface area (Å²) in [6.07, 6.45) is 2.35. The highest BCUT2D eigenvalue weighted by atomic mass is 16.5. The van der Waals surface area contributed by atoms with Gasteiger partial charge in [0.2, 0.25) is 0 Å². The molecule has 114 valence electrons. The summed E-state index contributed by atoms with van der Waals surface area (Å²) in [5.41, 5.74) is 7.56. The molecule has 0 radical (unpaired) electrons. The average Bonchev–Trinajstić information content (AvgIpc) is 2.92. The van der Waals surface area contributed by atoms with Crippen molar-refractivity contribution in [2.45, 2.75) is 32.4 Å². The number of aromatic nitrogens is 3. The van der Waals surface area contributed by atoms with E-state index in [9.17, 15) is 0 Å². The number of nitrogens with zero attached hydrogens (tertiary/aromatic N) is 3. The quantitative estimate of drug-likeness (QED) is 0.676. The van der Waals surface area contributed by atoms with Crippen LogP contribution in [0.1, 0.15) is 24.2 Å². The Balaban J connectivity index is 1.85. The summed E-state index contributed by atoms with van der Waals surface area (Å²) in [5.74, 6) is 0.878. The van der Waals surface area contributed by atoms with E-state index in [1.165, 1.54) is 0 Å². The summed E-state index contributed by atoms with van der Waals surface area (Å²) in [4.78, 5) is 0. The molecule has 0 saturated heterocycles. The molecule has 0 aliphatic carbocycles. The topological polar surface area (TPSA) is 86.2 Å². The van der Waals surface area contributed by atoms with Gasteiger partial charge in [-0.25, -0.2) is 4.68 Å². The van der Waals surface area contributed by atoms with E-state index in [4.69, 9.17) is 15.6 Å². The molecule has 0 bridgehead atoms. The maximum Gasteiger partial charge on any atom is 0.119 e. The van der Waals surface area contributed by atoms with E-state index in [-0.39, 0.29) is 6.61 Å². The summed E-state index contributed by atoms with van der Waals surface area (Å²) in [6, 6.07) is 9.76. The molecule has 1 heterocycles. The van der Waals surface area contributed by atoms with Gasteiger partial charge in [-0.05, 0) is 31.4 Å². The predicted octanol–water partition coefficient (Wildman–Crippen LogP) is 1.13. The molecule has 1 aromatic heterocycles. The molecule has 2 aromatic rings. The van der Waals surface area contributed by atoms with E-state index in [2.05, 4.69) is 10.3 Å². The number of aliphatic hydroxyl groups excluding tert-OH is 1. The van der Waals surface area contributed by atoms with Crippen molar-refractivity contribution in [3.05, 3.63) is 41.7 Å². The molecule has 0 spiro atoms. The number of hydrogen-bond donors (Lipinski definition) is 2. The third-order valence-corrected chi connectivity index (χ3v) is 3.21. The van der Waals surface area contributed by atoms with Gasteiger partial charge in [0, 0.05) is 19.7 Å². The van der Waals surface area contributed by atoms with Gasteiger partial charge in [-0.1, -0.05) is 23.4 Å². The van der Waals surface area contributed by atoms with Crippen LogP contribution in [0, 0.1) is 0 Å². The normalized spacial score (nSPS) is 10.8. The monoisotopic (exact) mass is 290 g/mol.